The van der Waals surface area contributed by atoms with Crippen LogP contribution in [0.15, 0.2) is 48.5 Å². The van der Waals surface area contributed by atoms with E-state index < -0.39 is 0 Å². The maximum absolute atomic E-state index is 12.6. The minimum atomic E-state index is -0.303. The lowest BCUT2D eigenvalue weighted by Gasteiger charge is -2.25. The predicted octanol–water partition coefficient (Wildman–Crippen LogP) is 2.96. The Morgan fingerprint density at radius 2 is 1.88 bits per heavy atom. The van der Waals surface area contributed by atoms with Gasteiger partial charge in [-0.15, -0.1) is 0 Å². The molecule has 1 unspecified atom stereocenters. The number of fused-ring (bicyclic) bond motifs is 1. The van der Waals surface area contributed by atoms with Gasteiger partial charge < -0.3 is 15.0 Å². The van der Waals surface area contributed by atoms with E-state index in [2.05, 4.69) is 17.4 Å². The topological polar surface area (TPSA) is 58.6 Å². The highest BCUT2D eigenvalue weighted by molar-refractivity contribution is 5.98. The lowest BCUT2D eigenvalue weighted by molar-refractivity contribution is -0.131. The van der Waals surface area contributed by atoms with E-state index in [0.29, 0.717) is 17.9 Å². The summed E-state index contributed by atoms with van der Waals surface area (Å²) >= 11 is 0. The van der Waals surface area contributed by atoms with Gasteiger partial charge in [-0.25, -0.2) is 0 Å². The van der Waals surface area contributed by atoms with E-state index in [1.807, 2.05) is 25.1 Å². The van der Waals surface area contributed by atoms with Gasteiger partial charge >= 0.3 is 0 Å². The molecule has 0 heterocycles. The normalized spacial score (nSPS) is 15.2. The smallest absolute Gasteiger partial charge is 0.255 e. The highest BCUT2D eigenvalue weighted by Crippen LogP contribution is 2.34. The molecule has 1 aliphatic carbocycles. The molecule has 2 amide bonds. The van der Waals surface area contributed by atoms with Crippen molar-refractivity contribution < 1.29 is 14.3 Å². The van der Waals surface area contributed by atoms with Crippen LogP contribution in [0.5, 0.6) is 5.75 Å². The van der Waals surface area contributed by atoms with Crippen LogP contribution in [0.2, 0.25) is 0 Å². The molecular weight excluding hydrogens is 328 g/mol. The second-order valence-corrected chi connectivity index (χ2v) is 6.37. The van der Waals surface area contributed by atoms with E-state index in [1.165, 1.54) is 11.1 Å². The van der Waals surface area contributed by atoms with Gasteiger partial charge in [-0.05, 0) is 43.0 Å². The molecule has 1 aliphatic rings. The molecule has 0 fully saturated rings. The number of likely N-dealkylation sites (N-methyl/N-ethyl adjacent to an activating group) is 1. The van der Waals surface area contributed by atoms with E-state index in [-0.39, 0.29) is 24.4 Å². The summed E-state index contributed by atoms with van der Waals surface area (Å²) in [6.07, 6.45) is 1.90. The first kappa shape index (κ1) is 18.0. The molecule has 2 aromatic rings. The van der Waals surface area contributed by atoms with E-state index >= 15 is 0 Å². The first-order valence-electron chi connectivity index (χ1n) is 8.95. The molecule has 1 N–H and O–H groups in total. The van der Waals surface area contributed by atoms with Gasteiger partial charge in [-0.3, -0.25) is 9.59 Å². The standard InChI is InChI=1S/C21H24N2O3/c1-3-26-19-11-7-6-10-17(19)21(25)22-14-20(24)23(2)18-13-12-15-8-4-5-9-16(15)18/h4-11,18H,3,12-14H2,1-2H3,(H,22,25). The Balaban J connectivity index is 1.62. The quantitative estimate of drug-likeness (QED) is 0.869. The SMILES string of the molecule is CCOc1ccccc1C(=O)NCC(=O)N(C)C1CCc2ccccc21. The Bertz CT molecular complexity index is 803. The molecule has 0 saturated heterocycles. The van der Waals surface area contributed by atoms with Crippen molar-refractivity contribution in [3.8, 4) is 5.75 Å². The summed E-state index contributed by atoms with van der Waals surface area (Å²) in [6.45, 7) is 2.31. The Morgan fingerprint density at radius 1 is 1.15 bits per heavy atom. The van der Waals surface area contributed by atoms with E-state index in [1.54, 1.807) is 30.1 Å². The molecule has 3 rings (SSSR count). The summed E-state index contributed by atoms with van der Waals surface area (Å²) in [4.78, 5) is 26.7. The molecule has 0 bridgehead atoms. The summed E-state index contributed by atoms with van der Waals surface area (Å²) in [5.41, 5.74) is 2.94. The van der Waals surface area contributed by atoms with Crippen LogP contribution in [0.25, 0.3) is 0 Å². The fourth-order valence-corrected chi connectivity index (χ4v) is 3.42. The fraction of sp³-hybridized carbons (Fsp3) is 0.333. The van der Waals surface area contributed by atoms with Crippen LogP contribution in [-0.4, -0.2) is 36.9 Å². The number of hydrogen-bond donors (Lipinski definition) is 1. The highest BCUT2D eigenvalue weighted by atomic mass is 16.5. The number of nitrogens with one attached hydrogen (secondary N) is 1. The van der Waals surface area contributed by atoms with Gasteiger partial charge in [0.1, 0.15) is 5.75 Å². The van der Waals surface area contributed by atoms with Crippen molar-refractivity contribution in [1.82, 2.24) is 10.2 Å². The summed E-state index contributed by atoms with van der Waals surface area (Å²) < 4.78 is 5.48. The number of nitrogens with zero attached hydrogens (tertiary/aromatic N) is 1. The molecule has 26 heavy (non-hydrogen) atoms. The van der Waals surface area contributed by atoms with Gasteiger partial charge in [0.25, 0.3) is 5.91 Å². The number of para-hydroxylation sites is 1. The van der Waals surface area contributed by atoms with Crippen LogP contribution < -0.4 is 10.1 Å². The van der Waals surface area contributed by atoms with Crippen LogP contribution in [-0.2, 0) is 11.2 Å². The number of carbonyl (C=O) groups is 2. The molecule has 5 nitrogen and oxygen atoms in total. The van der Waals surface area contributed by atoms with Gasteiger partial charge in [0, 0.05) is 7.05 Å². The Hall–Kier alpha value is -2.82. The molecule has 5 heteroatoms. The third kappa shape index (κ3) is 3.72. The van der Waals surface area contributed by atoms with Crippen LogP contribution >= 0.6 is 0 Å². The third-order valence-electron chi connectivity index (χ3n) is 4.79. The second kappa shape index (κ2) is 8.04. The van der Waals surface area contributed by atoms with Gasteiger partial charge in [0.2, 0.25) is 5.91 Å². The van der Waals surface area contributed by atoms with Crippen molar-refractivity contribution >= 4 is 11.8 Å². The number of carbonyl (C=O) groups excluding carboxylic acids is 2. The summed E-state index contributed by atoms with van der Waals surface area (Å²) in [5, 5.41) is 2.72. The lowest BCUT2D eigenvalue weighted by Crippen LogP contribution is -2.39. The summed E-state index contributed by atoms with van der Waals surface area (Å²) in [7, 11) is 1.80. The number of amides is 2. The largest absolute Gasteiger partial charge is 0.493 e. The molecule has 0 aliphatic heterocycles. The number of rotatable bonds is 6. The van der Waals surface area contributed by atoms with Crippen molar-refractivity contribution in [3.05, 3.63) is 65.2 Å². The van der Waals surface area contributed by atoms with E-state index in [4.69, 9.17) is 4.74 Å². The summed E-state index contributed by atoms with van der Waals surface area (Å²) in [5.74, 6) is 0.120. The molecular formula is C21H24N2O3. The molecule has 136 valence electrons. The average Bonchev–Trinajstić information content (AvgIpc) is 3.10. The fourth-order valence-electron chi connectivity index (χ4n) is 3.42. The van der Waals surface area contributed by atoms with Crippen molar-refractivity contribution in [2.45, 2.75) is 25.8 Å². The van der Waals surface area contributed by atoms with Gasteiger partial charge in [-0.2, -0.15) is 0 Å². The van der Waals surface area contributed by atoms with Crippen LogP contribution in [0, 0.1) is 0 Å². The van der Waals surface area contributed by atoms with E-state index in [9.17, 15) is 9.59 Å². The average molecular weight is 352 g/mol. The number of hydrogen-bond acceptors (Lipinski definition) is 3. The minimum Gasteiger partial charge on any atom is -0.493 e. The number of ether oxygens (including phenoxy) is 1. The van der Waals surface area contributed by atoms with E-state index in [0.717, 1.165) is 12.8 Å². The first-order valence-corrected chi connectivity index (χ1v) is 8.95. The van der Waals surface area contributed by atoms with Crippen molar-refractivity contribution in [1.29, 1.82) is 0 Å². The Kier molecular flexibility index (Phi) is 5.56. The van der Waals surface area contributed by atoms with Gasteiger partial charge in [-0.1, -0.05) is 36.4 Å². The Labute approximate surface area is 154 Å². The zero-order valence-corrected chi connectivity index (χ0v) is 15.2. The van der Waals surface area contributed by atoms with Crippen molar-refractivity contribution in [3.63, 3.8) is 0 Å². The van der Waals surface area contributed by atoms with Crippen LogP contribution in [0.3, 0.4) is 0 Å². The molecule has 0 aromatic heterocycles. The second-order valence-electron chi connectivity index (χ2n) is 6.37. The zero-order valence-electron chi connectivity index (χ0n) is 15.2. The molecule has 0 saturated carbocycles. The van der Waals surface area contributed by atoms with Crippen molar-refractivity contribution in [2.24, 2.45) is 0 Å². The molecule has 2 aromatic carbocycles. The minimum absolute atomic E-state index is 0.0333. The van der Waals surface area contributed by atoms with Crippen molar-refractivity contribution in [2.75, 3.05) is 20.2 Å². The third-order valence-corrected chi connectivity index (χ3v) is 4.79. The first-order chi connectivity index (χ1) is 12.6. The molecule has 1 atom stereocenters. The molecule has 0 radical (unpaired) electrons. The zero-order chi connectivity index (χ0) is 18.5. The monoisotopic (exact) mass is 352 g/mol. The van der Waals surface area contributed by atoms with Gasteiger partial charge in [0.15, 0.2) is 0 Å². The van der Waals surface area contributed by atoms with Crippen LogP contribution in [0.1, 0.15) is 40.9 Å². The number of aryl methyl sites for hydroxylation is 1. The predicted molar refractivity (Wildman–Crippen MR) is 100 cm³/mol. The highest BCUT2D eigenvalue weighted by Gasteiger charge is 2.28. The number of benzene rings is 2. The van der Waals surface area contributed by atoms with Gasteiger partial charge in [0.05, 0.1) is 24.8 Å². The van der Waals surface area contributed by atoms with Crippen LogP contribution in [0.4, 0.5) is 0 Å². The molecule has 0 spiro atoms. The maximum atomic E-state index is 12.6. The lowest BCUT2D eigenvalue weighted by atomic mass is 10.1. The summed E-state index contributed by atoms with van der Waals surface area (Å²) in [6, 6.07) is 15.3. The maximum Gasteiger partial charge on any atom is 0.255 e. The Morgan fingerprint density at radius 3 is 2.69 bits per heavy atom.